The predicted molar refractivity (Wildman–Crippen MR) is 158 cm³/mol. The highest BCUT2D eigenvalue weighted by atomic mass is 19.4. The summed E-state index contributed by atoms with van der Waals surface area (Å²) >= 11 is 0. The zero-order chi connectivity index (χ0) is 31.4. The van der Waals surface area contributed by atoms with E-state index in [1.54, 1.807) is 36.0 Å². The minimum absolute atomic E-state index is 0.0247. The van der Waals surface area contributed by atoms with E-state index < -0.39 is 17.8 Å². The Balaban J connectivity index is 1.49. The summed E-state index contributed by atoms with van der Waals surface area (Å²) in [6.45, 7) is 6.74. The van der Waals surface area contributed by atoms with Crippen LogP contribution in [0.25, 0.3) is 21.9 Å². The van der Waals surface area contributed by atoms with Gasteiger partial charge in [0.15, 0.2) is 5.54 Å². The molecule has 11 nitrogen and oxygen atoms in total. The van der Waals surface area contributed by atoms with Crippen molar-refractivity contribution in [1.82, 2.24) is 35.9 Å². The highest BCUT2D eigenvalue weighted by Crippen LogP contribution is 2.54. The largest absolute Gasteiger partial charge is 0.413 e. The van der Waals surface area contributed by atoms with Crippen LogP contribution >= 0.6 is 0 Å². The fraction of sp³-hybridized carbons (Fsp3) is 0.367. The molecule has 1 aliphatic carbocycles. The summed E-state index contributed by atoms with van der Waals surface area (Å²) in [7, 11) is 1.74. The van der Waals surface area contributed by atoms with Crippen LogP contribution in [0.15, 0.2) is 48.4 Å². The summed E-state index contributed by atoms with van der Waals surface area (Å²) in [5.41, 5.74) is 8.04. The number of fused-ring (bicyclic) bond motifs is 2. The molecule has 4 N–H and O–H groups in total. The molecule has 14 heteroatoms. The van der Waals surface area contributed by atoms with Gasteiger partial charge in [0.2, 0.25) is 0 Å². The van der Waals surface area contributed by atoms with Crippen molar-refractivity contribution in [3.63, 3.8) is 0 Å². The highest BCUT2D eigenvalue weighted by molar-refractivity contribution is 5.99. The third-order valence-electron chi connectivity index (χ3n) is 7.90. The van der Waals surface area contributed by atoms with Crippen molar-refractivity contribution >= 4 is 33.3 Å². The maximum atomic E-state index is 14.0. The number of para-hydroxylation sites is 1. The van der Waals surface area contributed by atoms with E-state index in [1.807, 2.05) is 6.07 Å². The molecule has 1 fully saturated rings. The van der Waals surface area contributed by atoms with Crippen LogP contribution in [0, 0.1) is 28.1 Å². The second-order valence-corrected chi connectivity index (χ2v) is 12.3. The molecule has 4 aromatic rings. The van der Waals surface area contributed by atoms with E-state index in [1.165, 1.54) is 12.4 Å². The first-order chi connectivity index (χ1) is 20.8. The number of hydrogen-bond donors (Lipinski definition) is 4. The number of hydrazine groups is 2. The minimum atomic E-state index is -4.43. The Bertz CT molecular complexity index is 1890. The van der Waals surface area contributed by atoms with Gasteiger partial charge in [0, 0.05) is 42.6 Å². The number of nitrogens with one attached hydrogen (secondary N) is 4. The summed E-state index contributed by atoms with van der Waals surface area (Å²) in [5.74, 6) is 0. The molecule has 2 aromatic heterocycles. The van der Waals surface area contributed by atoms with Gasteiger partial charge in [-0.05, 0) is 36.5 Å². The molecule has 44 heavy (non-hydrogen) atoms. The van der Waals surface area contributed by atoms with E-state index in [9.17, 15) is 23.7 Å². The number of anilines is 2. The van der Waals surface area contributed by atoms with Gasteiger partial charge in [-0.2, -0.15) is 23.7 Å². The highest BCUT2D eigenvalue weighted by Gasteiger charge is 2.67. The second-order valence-electron chi connectivity index (χ2n) is 12.3. The average Bonchev–Trinajstić information content (AvgIpc) is 3.52. The first-order valence-corrected chi connectivity index (χ1v) is 14.0. The normalized spacial score (nSPS) is 16.7. The van der Waals surface area contributed by atoms with Gasteiger partial charge < -0.3 is 16.1 Å². The lowest BCUT2D eigenvalue weighted by Crippen LogP contribution is -2.52. The fourth-order valence-electron chi connectivity index (χ4n) is 5.45. The molecule has 0 unspecified atom stereocenters. The molecule has 226 valence electrons. The summed E-state index contributed by atoms with van der Waals surface area (Å²) in [6, 6.07) is 12.6. The quantitative estimate of drug-likeness (QED) is 0.225. The van der Waals surface area contributed by atoms with Crippen molar-refractivity contribution < 1.29 is 13.2 Å². The number of benzene rings is 2. The third-order valence-corrected chi connectivity index (χ3v) is 7.90. The summed E-state index contributed by atoms with van der Waals surface area (Å²) in [5, 5.41) is 36.8. The van der Waals surface area contributed by atoms with Crippen LogP contribution in [0.1, 0.15) is 56.3 Å². The third kappa shape index (κ3) is 4.97. The lowest BCUT2D eigenvalue weighted by Gasteiger charge is -2.28. The van der Waals surface area contributed by atoms with Crippen LogP contribution in [0.4, 0.5) is 24.5 Å². The van der Waals surface area contributed by atoms with Crippen molar-refractivity contribution in [3.8, 4) is 12.1 Å². The van der Waals surface area contributed by atoms with Crippen LogP contribution < -0.4 is 21.6 Å². The Morgan fingerprint density at radius 3 is 2.52 bits per heavy atom. The first kappa shape index (κ1) is 29.0. The van der Waals surface area contributed by atoms with E-state index in [0.717, 1.165) is 5.01 Å². The molecule has 2 aliphatic rings. The SMILES string of the molecule is Cn1nnc2cccc([C@H](Nc3cc(C#N)c4ncc(C#N)c(NCC(C)(C)C)c4c3)C3=CN(C4(C(F)(F)F)CC4)NN3)c21. The maximum absolute atomic E-state index is 14.0. The summed E-state index contributed by atoms with van der Waals surface area (Å²) in [6.07, 6.45) is -1.60. The number of aromatic nitrogens is 4. The smallest absolute Gasteiger partial charge is 0.383 e. The molecule has 1 atom stereocenters. The van der Waals surface area contributed by atoms with Crippen LogP contribution in [-0.4, -0.2) is 43.2 Å². The molecule has 0 radical (unpaired) electrons. The Kier molecular flexibility index (Phi) is 6.78. The molecular weight excluding hydrogens is 571 g/mol. The Hall–Kier alpha value is -5.08. The van der Waals surface area contributed by atoms with E-state index in [2.05, 4.69) is 69.8 Å². The zero-order valence-electron chi connectivity index (χ0n) is 24.5. The maximum Gasteiger partial charge on any atom is 0.413 e. The molecule has 3 heterocycles. The molecule has 0 amide bonds. The lowest BCUT2D eigenvalue weighted by molar-refractivity contribution is -0.195. The molecule has 0 spiro atoms. The first-order valence-electron chi connectivity index (χ1n) is 14.0. The van der Waals surface area contributed by atoms with Gasteiger partial charge >= 0.3 is 6.18 Å². The van der Waals surface area contributed by atoms with Gasteiger partial charge in [-0.15, -0.1) is 10.6 Å². The van der Waals surface area contributed by atoms with Gasteiger partial charge in [0.1, 0.15) is 17.7 Å². The number of hydrogen-bond acceptors (Lipinski definition) is 10. The monoisotopic (exact) mass is 601 g/mol. The Labute approximate surface area is 251 Å². The fourth-order valence-corrected chi connectivity index (χ4v) is 5.45. The van der Waals surface area contributed by atoms with Crippen LogP contribution in [0.3, 0.4) is 0 Å². The van der Waals surface area contributed by atoms with Gasteiger partial charge in [-0.25, -0.2) is 4.68 Å². The topological polar surface area (TPSA) is 143 Å². The van der Waals surface area contributed by atoms with Crippen molar-refractivity contribution in [3.05, 3.63) is 65.1 Å². The van der Waals surface area contributed by atoms with Crippen molar-refractivity contribution in [2.24, 2.45) is 12.5 Å². The number of halogens is 3. The van der Waals surface area contributed by atoms with Crippen LogP contribution in [0.5, 0.6) is 0 Å². The molecule has 6 rings (SSSR count). The van der Waals surface area contributed by atoms with Crippen molar-refractivity contribution in [2.75, 3.05) is 17.2 Å². The standard InChI is InChI=1S/C30H30F3N11/c1-28(2,3)16-37-25-18(13-35)14-36-24-17(12-34)10-19(11-21(24)25)38-26(20-6-5-7-22-27(20)43(4)41-39-22)23-15-44(42-40-23)29(8-9-29)30(31,32)33/h5-7,10-11,14-15,26,38,40,42H,8-9,16H2,1-4H3,(H,36,37)/t26-/m0/s1. The molecule has 1 saturated carbocycles. The molecule has 0 saturated heterocycles. The van der Waals surface area contributed by atoms with E-state index >= 15 is 0 Å². The van der Waals surface area contributed by atoms with Gasteiger partial charge in [-0.3, -0.25) is 9.99 Å². The van der Waals surface area contributed by atoms with Crippen LogP contribution in [-0.2, 0) is 7.05 Å². The molecule has 2 aromatic carbocycles. The van der Waals surface area contributed by atoms with Gasteiger partial charge in [0.05, 0.1) is 39.6 Å². The Morgan fingerprint density at radius 1 is 1.11 bits per heavy atom. The van der Waals surface area contributed by atoms with Crippen molar-refractivity contribution in [1.29, 1.82) is 10.5 Å². The number of nitrogens with zero attached hydrogens (tertiary/aromatic N) is 7. The van der Waals surface area contributed by atoms with Gasteiger partial charge in [-0.1, -0.05) is 38.1 Å². The van der Waals surface area contributed by atoms with Crippen LogP contribution in [0.2, 0.25) is 0 Å². The molecular formula is C30H30F3N11. The number of aryl methyl sites for hydroxylation is 1. The summed E-state index contributed by atoms with van der Waals surface area (Å²) < 4.78 is 43.6. The van der Waals surface area contributed by atoms with E-state index in [4.69, 9.17) is 0 Å². The minimum Gasteiger partial charge on any atom is -0.383 e. The summed E-state index contributed by atoms with van der Waals surface area (Å²) in [4.78, 5) is 4.42. The number of pyridine rings is 1. The van der Waals surface area contributed by atoms with E-state index in [0.29, 0.717) is 56.7 Å². The molecule has 0 bridgehead atoms. The van der Waals surface area contributed by atoms with Crippen molar-refractivity contribution in [2.45, 2.75) is 51.4 Å². The lowest BCUT2D eigenvalue weighted by atomic mass is 9.96. The Morgan fingerprint density at radius 2 is 1.86 bits per heavy atom. The predicted octanol–water partition coefficient (Wildman–Crippen LogP) is 5.13. The number of nitriles is 2. The number of rotatable bonds is 7. The molecule has 1 aliphatic heterocycles. The van der Waals surface area contributed by atoms with E-state index in [-0.39, 0.29) is 23.8 Å². The zero-order valence-corrected chi connectivity index (χ0v) is 24.5. The second kappa shape index (κ2) is 10.3. The number of alkyl halides is 3. The average molecular weight is 602 g/mol. The van der Waals surface area contributed by atoms with Gasteiger partial charge in [0.25, 0.3) is 0 Å².